The van der Waals surface area contributed by atoms with Gasteiger partial charge in [0.15, 0.2) is 0 Å². The second-order valence-electron chi connectivity index (χ2n) is 8.14. The van der Waals surface area contributed by atoms with Crippen molar-refractivity contribution in [2.45, 2.75) is 6.42 Å². The Morgan fingerprint density at radius 2 is 1.34 bits per heavy atom. The van der Waals surface area contributed by atoms with Crippen LogP contribution < -0.4 is 0 Å². The highest BCUT2D eigenvalue weighted by Crippen LogP contribution is 2.36. The highest BCUT2D eigenvalue weighted by molar-refractivity contribution is 6.09. The third kappa shape index (κ3) is 3.29. The fourth-order valence-corrected chi connectivity index (χ4v) is 4.52. The standard InChI is InChI=1S/C31H22O/c1-2-8-22(9-3-1)23-10-6-11-24(17-16-23)25-18-20-26(21-19-25)27-13-7-14-29-28-12-4-5-15-30(28)32-31(27)29/h1-16,18-21H,17H2. The molecule has 0 saturated carbocycles. The first-order valence-corrected chi connectivity index (χ1v) is 11.0. The number of hydrogen-bond acceptors (Lipinski definition) is 1. The predicted octanol–water partition coefficient (Wildman–Crippen LogP) is 8.68. The molecule has 0 fully saturated rings. The monoisotopic (exact) mass is 410 g/mol. The molecular formula is C31H22O. The van der Waals surface area contributed by atoms with Crippen molar-refractivity contribution in [1.29, 1.82) is 0 Å². The minimum absolute atomic E-state index is 0.912. The molecule has 4 aromatic carbocycles. The molecule has 5 aromatic rings. The number of para-hydroxylation sites is 2. The van der Waals surface area contributed by atoms with E-state index in [9.17, 15) is 0 Å². The first-order chi connectivity index (χ1) is 15.9. The van der Waals surface area contributed by atoms with Gasteiger partial charge in [0.2, 0.25) is 0 Å². The van der Waals surface area contributed by atoms with Gasteiger partial charge in [-0.2, -0.15) is 0 Å². The molecule has 1 aliphatic rings. The summed E-state index contributed by atoms with van der Waals surface area (Å²) in [5.74, 6) is 0. The smallest absolute Gasteiger partial charge is 0.143 e. The average Bonchev–Trinajstić information content (AvgIpc) is 3.06. The van der Waals surface area contributed by atoms with Gasteiger partial charge < -0.3 is 4.42 Å². The van der Waals surface area contributed by atoms with E-state index in [-0.39, 0.29) is 0 Å². The predicted molar refractivity (Wildman–Crippen MR) is 135 cm³/mol. The molecule has 1 aliphatic carbocycles. The second kappa shape index (κ2) is 7.86. The fraction of sp³-hybridized carbons (Fsp3) is 0.0323. The maximum absolute atomic E-state index is 6.23. The van der Waals surface area contributed by atoms with Crippen LogP contribution in [0.5, 0.6) is 0 Å². The third-order valence-corrected chi connectivity index (χ3v) is 6.19. The van der Waals surface area contributed by atoms with E-state index < -0.39 is 0 Å². The van der Waals surface area contributed by atoms with Crippen molar-refractivity contribution < 1.29 is 4.42 Å². The van der Waals surface area contributed by atoms with Crippen LogP contribution in [0.2, 0.25) is 0 Å². The van der Waals surface area contributed by atoms with Crippen molar-refractivity contribution in [2.24, 2.45) is 0 Å². The zero-order valence-electron chi connectivity index (χ0n) is 17.7. The van der Waals surface area contributed by atoms with E-state index in [1.165, 1.54) is 27.8 Å². The van der Waals surface area contributed by atoms with Crippen molar-refractivity contribution in [2.75, 3.05) is 0 Å². The lowest BCUT2D eigenvalue weighted by molar-refractivity contribution is 0.670. The molecule has 1 nitrogen and oxygen atoms in total. The largest absolute Gasteiger partial charge is 0.455 e. The maximum atomic E-state index is 6.23. The Balaban J connectivity index is 1.32. The van der Waals surface area contributed by atoms with Gasteiger partial charge in [-0.25, -0.2) is 0 Å². The quantitative estimate of drug-likeness (QED) is 0.290. The molecule has 152 valence electrons. The van der Waals surface area contributed by atoms with Crippen LogP contribution in [0.3, 0.4) is 0 Å². The van der Waals surface area contributed by atoms with Crippen LogP contribution in [0.15, 0.2) is 126 Å². The van der Waals surface area contributed by atoms with Crippen LogP contribution in [0.1, 0.15) is 17.5 Å². The van der Waals surface area contributed by atoms with Crippen LogP contribution >= 0.6 is 0 Å². The Morgan fingerprint density at radius 3 is 2.22 bits per heavy atom. The van der Waals surface area contributed by atoms with Crippen molar-refractivity contribution in [3.05, 3.63) is 132 Å². The molecule has 6 rings (SSSR count). The SMILES string of the molecule is C1=CC(c2ccccc2)=CCC(c2ccc(-c3cccc4c3oc3ccccc34)cc2)=C1. The van der Waals surface area contributed by atoms with E-state index >= 15 is 0 Å². The zero-order chi connectivity index (χ0) is 21.3. The summed E-state index contributed by atoms with van der Waals surface area (Å²) >= 11 is 0. The maximum Gasteiger partial charge on any atom is 0.143 e. The van der Waals surface area contributed by atoms with Gasteiger partial charge >= 0.3 is 0 Å². The van der Waals surface area contributed by atoms with Crippen molar-refractivity contribution in [3.63, 3.8) is 0 Å². The number of fused-ring (bicyclic) bond motifs is 3. The van der Waals surface area contributed by atoms with Gasteiger partial charge in [-0.3, -0.25) is 0 Å². The average molecular weight is 411 g/mol. The van der Waals surface area contributed by atoms with E-state index in [4.69, 9.17) is 4.42 Å². The van der Waals surface area contributed by atoms with E-state index in [1.54, 1.807) is 0 Å². The zero-order valence-corrected chi connectivity index (χ0v) is 17.7. The molecule has 0 atom stereocenters. The van der Waals surface area contributed by atoms with E-state index in [0.29, 0.717) is 0 Å². The topological polar surface area (TPSA) is 13.1 Å². The van der Waals surface area contributed by atoms with Crippen LogP contribution in [0.4, 0.5) is 0 Å². The summed E-state index contributed by atoms with van der Waals surface area (Å²) in [7, 11) is 0. The van der Waals surface area contributed by atoms with Gasteiger partial charge in [0.1, 0.15) is 11.2 Å². The minimum Gasteiger partial charge on any atom is -0.455 e. The van der Waals surface area contributed by atoms with Crippen LogP contribution in [-0.4, -0.2) is 0 Å². The summed E-state index contributed by atoms with van der Waals surface area (Å²) in [5, 5.41) is 2.33. The van der Waals surface area contributed by atoms with E-state index in [1.807, 2.05) is 12.1 Å². The third-order valence-electron chi connectivity index (χ3n) is 6.19. The lowest BCUT2D eigenvalue weighted by Crippen LogP contribution is -1.85. The first kappa shape index (κ1) is 18.7. The lowest BCUT2D eigenvalue weighted by atomic mass is 9.97. The molecule has 1 aromatic heterocycles. The second-order valence-corrected chi connectivity index (χ2v) is 8.14. The highest BCUT2D eigenvalue weighted by atomic mass is 16.3. The minimum atomic E-state index is 0.912. The van der Waals surface area contributed by atoms with Gasteiger partial charge in [-0.1, -0.05) is 115 Å². The van der Waals surface area contributed by atoms with Crippen molar-refractivity contribution >= 4 is 33.1 Å². The summed E-state index contributed by atoms with van der Waals surface area (Å²) < 4.78 is 6.23. The molecule has 0 radical (unpaired) electrons. The van der Waals surface area contributed by atoms with Crippen LogP contribution in [-0.2, 0) is 0 Å². The lowest BCUT2D eigenvalue weighted by Gasteiger charge is -2.08. The molecular weight excluding hydrogens is 388 g/mol. The molecule has 0 aliphatic heterocycles. The Labute approximate surface area is 187 Å². The molecule has 32 heavy (non-hydrogen) atoms. The number of rotatable bonds is 3. The number of benzene rings is 4. The summed E-state index contributed by atoms with van der Waals surface area (Å²) in [4.78, 5) is 0. The van der Waals surface area contributed by atoms with E-state index in [2.05, 4.69) is 109 Å². The van der Waals surface area contributed by atoms with Gasteiger partial charge in [-0.05, 0) is 40.3 Å². The van der Waals surface area contributed by atoms with Gasteiger partial charge in [-0.15, -0.1) is 0 Å². The Hall–Kier alpha value is -4.10. The number of allylic oxidation sites excluding steroid dienone is 6. The van der Waals surface area contributed by atoms with Gasteiger partial charge in [0, 0.05) is 16.3 Å². The number of furan rings is 1. The summed E-state index contributed by atoms with van der Waals surface area (Å²) in [6.07, 6.45) is 9.80. The Bertz CT molecular complexity index is 1510. The Kier molecular flexibility index (Phi) is 4.58. The molecule has 0 bridgehead atoms. The summed E-state index contributed by atoms with van der Waals surface area (Å²) in [6.45, 7) is 0. The molecule has 1 heteroatoms. The van der Waals surface area contributed by atoms with Crippen molar-refractivity contribution in [1.82, 2.24) is 0 Å². The summed E-state index contributed by atoms with van der Waals surface area (Å²) in [6, 6.07) is 34.0. The van der Waals surface area contributed by atoms with Crippen LogP contribution in [0.25, 0.3) is 44.2 Å². The molecule has 1 heterocycles. The first-order valence-electron chi connectivity index (χ1n) is 11.0. The molecule has 0 amide bonds. The van der Waals surface area contributed by atoms with E-state index in [0.717, 1.165) is 33.9 Å². The molecule has 0 unspecified atom stereocenters. The number of hydrogen-bond donors (Lipinski definition) is 0. The fourth-order valence-electron chi connectivity index (χ4n) is 4.52. The highest BCUT2D eigenvalue weighted by Gasteiger charge is 2.12. The summed E-state index contributed by atoms with van der Waals surface area (Å²) in [5.41, 5.74) is 9.28. The van der Waals surface area contributed by atoms with Gasteiger partial charge in [0.25, 0.3) is 0 Å². The van der Waals surface area contributed by atoms with Crippen LogP contribution in [0, 0.1) is 0 Å². The van der Waals surface area contributed by atoms with Gasteiger partial charge in [0.05, 0.1) is 0 Å². The Morgan fingerprint density at radius 1 is 0.594 bits per heavy atom. The van der Waals surface area contributed by atoms with Crippen molar-refractivity contribution in [3.8, 4) is 11.1 Å². The normalized spacial score (nSPS) is 13.8. The molecule has 0 spiro atoms. The molecule has 0 N–H and O–H groups in total. The molecule has 0 saturated heterocycles.